The van der Waals surface area contributed by atoms with E-state index in [4.69, 9.17) is 4.74 Å². The maximum absolute atomic E-state index is 11.8. The zero-order valence-corrected chi connectivity index (χ0v) is 12.5. The number of esters is 1. The highest BCUT2D eigenvalue weighted by Gasteiger charge is 2.27. The Morgan fingerprint density at radius 1 is 1.29 bits per heavy atom. The first kappa shape index (κ1) is 15.0. The molecule has 0 bridgehead atoms. The van der Waals surface area contributed by atoms with Gasteiger partial charge in [-0.25, -0.2) is 9.79 Å². The Morgan fingerprint density at radius 3 is 2.52 bits per heavy atom. The molecule has 0 atom stereocenters. The second-order valence-electron chi connectivity index (χ2n) is 4.77. The molecule has 0 aliphatic carbocycles. The van der Waals surface area contributed by atoms with E-state index < -0.39 is 5.97 Å². The van der Waals surface area contributed by atoms with Crippen molar-refractivity contribution in [2.45, 2.75) is 27.2 Å². The number of aliphatic imine (C=N–C) groups is 1. The molecule has 1 aromatic carbocycles. The number of nitrogens with zero attached hydrogens (tertiary/aromatic N) is 1. The van der Waals surface area contributed by atoms with Crippen LogP contribution >= 0.6 is 0 Å². The van der Waals surface area contributed by atoms with Gasteiger partial charge in [0.25, 0.3) is 0 Å². The average Bonchev–Trinajstić information content (AvgIpc) is 2.74. The van der Waals surface area contributed by atoms with Crippen LogP contribution in [0.1, 0.15) is 31.9 Å². The highest BCUT2D eigenvalue weighted by molar-refractivity contribution is 6.22. The van der Waals surface area contributed by atoms with Crippen LogP contribution in [0, 0.1) is 0 Å². The molecular formula is C17H19NO3. The number of ether oxygens (including phenoxy) is 1. The number of carbonyl (C=O) groups is 1. The van der Waals surface area contributed by atoms with Gasteiger partial charge < -0.3 is 9.84 Å². The number of carbonyl (C=O) groups excluding carboxylic acids is 1. The van der Waals surface area contributed by atoms with Crippen molar-refractivity contribution in [3.05, 3.63) is 52.4 Å². The monoisotopic (exact) mass is 285 g/mol. The fourth-order valence-electron chi connectivity index (χ4n) is 2.14. The Labute approximate surface area is 124 Å². The summed E-state index contributed by atoms with van der Waals surface area (Å²) in [5, 5.41) is 10.2. The van der Waals surface area contributed by atoms with E-state index in [2.05, 4.69) is 11.9 Å². The fourth-order valence-corrected chi connectivity index (χ4v) is 2.14. The van der Waals surface area contributed by atoms with E-state index in [1.54, 1.807) is 19.9 Å². The molecule has 0 amide bonds. The first-order valence-electron chi connectivity index (χ1n) is 7.03. The van der Waals surface area contributed by atoms with Crippen molar-refractivity contribution in [2.24, 2.45) is 4.99 Å². The molecular weight excluding hydrogens is 266 g/mol. The number of rotatable bonds is 4. The van der Waals surface area contributed by atoms with E-state index in [0.717, 1.165) is 12.0 Å². The van der Waals surface area contributed by atoms with E-state index in [1.165, 1.54) is 5.56 Å². The van der Waals surface area contributed by atoms with E-state index in [1.807, 2.05) is 24.3 Å². The average molecular weight is 285 g/mol. The van der Waals surface area contributed by atoms with Gasteiger partial charge in [0.15, 0.2) is 5.76 Å². The topological polar surface area (TPSA) is 58.9 Å². The second kappa shape index (κ2) is 6.39. The van der Waals surface area contributed by atoms with E-state index in [9.17, 15) is 9.90 Å². The molecule has 21 heavy (non-hydrogen) atoms. The third-order valence-corrected chi connectivity index (χ3v) is 3.30. The number of aryl methyl sites for hydroxylation is 1. The normalized spacial score (nSPS) is 16.3. The van der Waals surface area contributed by atoms with Crippen LogP contribution in [0.25, 0.3) is 6.08 Å². The molecule has 0 aromatic heterocycles. The number of hydrogen-bond donors (Lipinski definition) is 1. The van der Waals surface area contributed by atoms with Crippen molar-refractivity contribution in [3.8, 4) is 0 Å². The van der Waals surface area contributed by atoms with Crippen LogP contribution in [-0.2, 0) is 16.0 Å². The summed E-state index contributed by atoms with van der Waals surface area (Å²) in [6.45, 7) is 5.77. The lowest BCUT2D eigenvalue weighted by molar-refractivity contribution is -0.138. The van der Waals surface area contributed by atoms with Gasteiger partial charge in [0.05, 0.1) is 12.3 Å². The Balaban J connectivity index is 2.32. The van der Waals surface area contributed by atoms with E-state index in [-0.39, 0.29) is 17.9 Å². The van der Waals surface area contributed by atoms with Crippen molar-refractivity contribution in [2.75, 3.05) is 6.61 Å². The van der Waals surface area contributed by atoms with E-state index >= 15 is 0 Å². The number of aliphatic hydroxyl groups is 1. The van der Waals surface area contributed by atoms with Gasteiger partial charge in [0.2, 0.25) is 0 Å². The molecule has 1 aliphatic heterocycles. The molecule has 0 fully saturated rings. The summed E-state index contributed by atoms with van der Waals surface area (Å²) in [5.74, 6) is -0.661. The SMILES string of the molecule is CCOC(=O)C1=C(O)/C(=C\c2ccc(CC)cc2)N=C1C. The second-order valence-corrected chi connectivity index (χ2v) is 4.77. The van der Waals surface area contributed by atoms with E-state index in [0.29, 0.717) is 11.4 Å². The van der Waals surface area contributed by atoms with Crippen LogP contribution in [0.3, 0.4) is 0 Å². The van der Waals surface area contributed by atoms with Crippen LogP contribution in [-0.4, -0.2) is 23.4 Å². The Kier molecular flexibility index (Phi) is 4.58. The molecule has 0 saturated heterocycles. The smallest absolute Gasteiger partial charge is 0.343 e. The molecule has 0 saturated carbocycles. The van der Waals surface area contributed by atoms with Crippen molar-refractivity contribution < 1.29 is 14.6 Å². The highest BCUT2D eigenvalue weighted by Crippen LogP contribution is 2.26. The number of benzene rings is 1. The molecule has 4 nitrogen and oxygen atoms in total. The molecule has 0 spiro atoms. The maximum Gasteiger partial charge on any atom is 0.343 e. The molecule has 1 aromatic rings. The van der Waals surface area contributed by atoms with Gasteiger partial charge >= 0.3 is 5.97 Å². The predicted molar refractivity (Wildman–Crippen MR) is 83.2 cm³/mol. The van der Waals surface area contributed by atoms with Crippen molar-refractivity contribution in [1.29, 1.82) is 0 Å². The molecule has 1 aliphatic rings. The standard InChI is InChI=1S/C17H19NO3/c1-4-12-6-8-13(9-7-12)10-14-16(19)15(11(3)18-14)17(20)21-5-2/h6-10,19H,4-5H2,1-3H3/b14-10+. The molecule has 0 radical (unpaired) electrons. The Morgan fingerprint density at radius 2 is 1.95 bits per heavy atom. The largest absolute Gasteiger partial charge is 0.505 e. The van der Waals surface area contributed by atoms with Gasteiger partial charge in [0, 0.05) is 0 Å². The quantitative estimate of drug-likeness (QED) is 0.862. The highest BCUT2D eigenvalue weighted by atomic mass is 16.5. The first-order chi connectivity index (χ1) is 10.1. The molecule has 0 unspecified atom stereocenters. The van der Waals surface area contributed by atoms with Crippen molar-refractivity contribution in [3.63, 3.8) is 0 Å². The van der Waals surface area contributed by atoms with Crippen LogP contribution in [0.4, 0.5) is 0 Å². The third-order valence-electron chi connectivity index (χ3n) is 3.30. The lowest BCUT2D eigenvalue weighted by atomic mass is 10.1. The lowest BCUT2D eigenvalue weighted by Crippen LogP contribution is -2.13. The van der Waals surface area contributed by atoms with Gasteiger partial charge in [-0.05, 0) is 37.5 Å². The first-order valence-corrected chi connectivity index (χ1v) is 7.03. The fraction of sp³-hybridized carbons (Fsp3) is 0.294. The summed E-state index contributed by atoms with van der Waals surface area (Å²) < 4.78 is 4.93. The van der Waals surface area contributed by atoms with Crippen LogP contribution in [0.15, 0.2) is 46.3 Å². The molecule has 110 valence electrons. The van der Waals surface area contributed by atoms with Crippen LogP contribution < -0.4 is 0 Å². The zero-order chi connectivity index (χ0) is 15.4. The summed E-state index contributed by atoms with van der Waals surface area (Å²) in [6, 6.07) is 7.99. The predicted octanol–water partition coefficient (Wildman–Crippen LogP) is 3.44. The third kappa shape index (κ3) is 3.21. The molecule has 4 heteroatoms. The summed E-state index contributed by atoms with van der Waals surface area (Å²) in [7, 11) is 0. The summed E-state index contributed by atoms with van der Waals surface area (Å²) in [5.41, 5.74) is 3.18. The van der Waals surface area contributed by atoms with Gasteiger partial charge in [-0.3, -0.25) is 0 Å². The number of aliphatic hydroxyl groups excluding tert-OH is 1. The molecule has 1 N–H and O–H groups in total. The van der Waals surface area contributed by atoms with Gasteiger partial charge in [0.1, 0.15) is 11.3 Å². The van der Waals surface area contributed by atoms with Gasteiger partial charge in [-0.15, -0.1) is 0 Å². The zero-order valence-electron chi connectivity index (χ0n) is 12.5. The molecule has 2 rings (SSSR count). The maximum atomic E-state index is 11.8. The van der Waals surface area contributed by atoms with Crippen molar-refractivity contribution >= 4 is 17.8 Å². The van der Waals surface area contributed by atoms with Gasteiger partial charge in [-0.1, -0.05) is 31.2 Å². The Hall–Kier alpha value is -2.36. The molecule has 1 heterocycles. The lowest BCUT2D eigenvalue weighted by Gasteiger charge is -2.03. The minimum atomic E-state index is -0.541. The summed E-state index contributed by atoms with van der Waals surface area (Å²) >= 11 is 0. The van der Waals surface area contributed by atoms with Crippen molar-refractivity contribution in [1.82, 2.24) is 0 Å². The minimum absolute atomic E-state index is 0.120. The Bertz CT molecular complexity index is 637. The van der Waals surface area contributed by atoms with Crippen LogP contribution in [0.5, 0.6) is 0 Å². The number of hydrogen-bond acceptors (Lipinski definition) is 4. The minimum Gasteiger partial charge on any atom is -0.505 e. The van der Waals surface area contributed by atoms with Crippen LogP contribution in [0.2, 0.25) is 0 Å². The van der Waals surface area contributed by atoms with Gasteiger partial charge in [-0.2, -0.15) is 0 Å². The summed E-state index contributed by atoms with van der Waals surface area (Å²) in [6.07, 6.45) is 2.73. The summed E-state index contributed by atoms with van der Waals surface area (Å²) in [4.78, 5) is 16.0.